The van der Waals surface area contributed by atoms with Gasteiger partial charge in [-0.15, -0.1) is 0 Å². The van der Waals surface area contributed by atoms with Crippen molar-refractivity contribution < 1.29 is 19.1 Å². The summed E-state index contributed by atoms with van der Waals surface area (Å²) < 4.78 is 12.9. The van der Waals surface area contributed by atoms with Crippen LogP contribution >= 0.6 is 0 Å². The number of rotatable bonds is 5. The fraction of sp³-hybridized carbons (Fsp3) is 0.548. The van der Waals surface area contributed by atoms with Gasteiger partial charge < -0.3 is 29.6 Å². The summed E-state index contributed by atoms with van der Waals surface area (Å²) in [6.45, 7) is 13.7. The van der Waals surface area contributed by atoms with Gasteiger partial charge in [0, 0.05) is 43.6 Å². The van der Waals surface area contributed by atoms with Crippen molar-refractivity contribution in [3.63, 3.8) is 0 Å². The van der Waals surface area contributed by atoms with E-state index < -0.39 is 5.60 Å². The number of amides is 2. The van der Waals surface area contributed by atoms with E-state index in [0.717, 1.165) is 49.5 Å². The van der Waals surface area contributed by atoms with Crippen LogP contribution < -0.4 is 10.9 Å². The monoisotopic (exact) mass is 576 g/mol. The number of likely N-dealkylation sites (tertiary alicyclic amines) is 2. The molecule has 0 aliphatic carbocycles. The highest BCUT2D eigenvalue weighted by Crippen LogP contribution is 2.39. The highest BCUT2D eigenvalue weighted by molar-refractivity contribution is 5.97. The largest absolute Gasteiger partial charge is 0.444 e. The second kappa shape index (κ2) is 10.1. The zero-order valence-corrected chi connectivity index (χ0v) is 25.1. The van der Waals surface area contributed by atoms with Crippen molar-refractivity contribution in [2.75, 3.05) is 44.7 Å². The Balaban J connectivity index is 1.24. The fourth-order valence-corrected chi connectivity index (χ4v) is 6.44. The molecule has 2 aromatic heterocycles. The number of nitrogens with one attached hydrogen (secondary N) is 2. The smallest absolute Gasteiger partial charge is 0.410 e. The minimum atomic E-state index is -0.552. The molecule has 11 nitrogen and oxygen atoms in total. The van der Waals surface area contributed by atoms with Gasteiger partial charge in [0.2, 0.25) is 0 Å². The summed E-state index contributed by atoms with van der Waals surface area (Å²) in [5, 5.41) is 8.81. The molecule has 0 unspecified atom stereocenters. The highest BCUT2D eigenvalue weighted by Gasteiger charge is 2.50. The van der Waals surface area contributed by atoms with Gasteiger partial charge in [-0.05, 0) is 76.8 Å². The van der Waals surface area contributed by atoms with Crippen LogP contribution in [0.5, 0.6) is 0 Å². The zero-order valence-electron chi connectivity index (χ0n) is 25.1. The van der Waals surface area contributed by atoms with Crippen LogP contribution in [0.4, 0.5) is 16.3 Å². The molecule has 42 heavy (non-hydrogen) atoms. The van der Waals surface area contributed by atoms with Gasteiger partial charge in [-0.1, -0.05) is 6.92 Å². The molecule has 3 fully saturated rings. The maximum absolute atomic E-state index is 13.1. The molecular formula is C31H40N6O5. The Morgan fingerprint density at radius 1 is 1.12 bits per heavy atom. The van der Waals surface area contributed by atoms with E-state index in [1.807, 2.05) is 61.5 Å². The molecule has 2 N–H and O–H groups in total. The number of anilines is 2. The topological polar surface area (TPSA) is 122 Å². The molecule has 0 saturated carbocycles. The van der Waals surface area contributed by atoms with Crippen LogP contribution in [0.3, 0.4) is 0 Å². The molecule has 3 aliphatic heterocycles. The van der Waals surface area contributed by atoms with E-state index >= 15 is 0 Å². The normalized spacial score (nSPS) is 19.4. The number of benzene rings is 1. The van der Waals surface area contributed by atoms with Crippen molar-refractivity contribution in [3.8, 4) is 0 Å². The van der Waals surface area contributed by atoms with Gasteiger partial charge in [-0.3, -0.25) is 14.3 Å². The molecule has 2 amide bonds. The third-order valence-electron chi connectivity index (χ3n) is 8.93. The van der Waals surface area contributed by atoms with Gasteiger partial charge in [0.1, 0.15) is 11.0 Å². The number of nitrogens with zero attached hydrogens (tertiary/aromatic N) is 4. The molecule has 6 rings (SSSR count). The van der Waals surface area contributed by atoms with Crippen LogP contribution in [0.1, 0.15) is 62.9 Å². The van der Waals surface area contributed by atoms with Crippen LogP contribution in [0.25, 0.3) is 10.9 Å². The molecule has 11 heteroatoms. The first-order chi connectivity index (χ1) is 19.9. The van der Waals surface area contributed by atoms with Crippen LogP contribution in [-0.2, 0) is 15.0 Å². The summed E-state index contributed by atoms with van der Waals surface area (Å²) in [6, 6.07) is 7.50. The molecule has 3 aliphatic rings. The molecule has 0 bridgehead atoms. The molecule has 0 atom stereocenters. The van der Waals surface area contributed by atoms with Crippen molar-refractivity contribution in [2.24, 2.45) is 5.41 Å². The number of aromatic nitrogens is 3. The summed E-state index contributed by atoms with van der Waals surface area (Å²) in [7, 11) is 0. The van der Waals surface area contributed by atoms with E-state index in [9.17, 15) is 14.4 Å². The quantitative estimate of drug-likeness (QED) is 0.462. The number of carbonyl (C=O) groups is 2. The number of aromatic amines is 1. The lowest BCUT2D eigenvalue weighted by Gasteiger charge is -2.55. The second-order valence-electron chi connectivity index (χ2n) is 13.2. The summed E-state index contributed by atoms with van der Waals surface area (Å²) in [5.74, 6) is 0.493. The molecule has 5 heterocycles. The predicted octanol–water partition coefficient (Wildman–Crippen LogP) is 4.39. The summed E-state index contributed by atoms with van der Waals surface area (Å²) in [5.41, 5.74) is 2.04. The van der Waals surface area contributed by atoms with Crippen LogP contribution in [0, 0.1) is 12.3 Å². The van der Waals surface area contributed by atoms with Gasteiger partial charge in [0.25, 0.3) is 11.5 Å². The standard InChI is InChI=1S/C31H40N6O5/c1-6-31(10-13-35(14-11-31)28(40)42-29(3,4)5)37-23-9-12-32-26(38)24(23)25(34-37)33-21-7-8-22(20(2)15-21)27(39)36-16-30(17-36)18-41-19-30/h7-9,12,15H,6,10-11,13-14,16-19H2,1-5H3,(H,32,38)(H,33,34). The van der Waals surface area contributed by atoms with Crippen LogP contribution in [-0.4, -0.2) is 81.6 Å². The molecule has 1 aromatic carbocycles. The Bertz CT molecular complexity index is 1580. The van der Waals surface area contributed by atoms with Gasteiger partial charge >= 0.3 is 6.09 Å². The fourth-order valence-electron chi connectivity index (χ4n) is 6.44. The maximum Gasteiger partial charge on any atom is 0.410 e. The minimum Gasteiger partial charge on any atom is -0.444 e. The SMILES string of the molecule is CCC1(n2nc(Nc3ccc(C(=O)N4CC5(COC5)C4)c(C)c3)c3c(=O)[nH]ccc32)CCN(C(=O)OC(C)(C)C)CC1. The Hall–Kier alpha value is -3.86. The first-order valence-corrected chi connectivity index (χ1v) is 14.8. The molecule has 224 valence electrons. The van der Waals surface area contributed by atoms with E-state index in [-0.39, 0.29) is 28.5 Å². The van der Waals surface area contributed by atoms with Gasteiger partial charge in [-0.2, -0.15) is 5.10 Å². The number of pyridine rings is 1. The van der Waals surface area contributed by atoms with E-state index in [4.69, 9.17) is 14.6 Å². The molecule has 3 saturated heterocycles. The lowest BCUT2D eigenvalue weighted by molar-refractivity contribution is -0.176. The van der Waals surface area contributed by atoms with Crippen molar-refractivity contribution in [1.29, 1.82) is 0 Å². The Kier molecular flexibility index (Phi) is 6.83. The number of carbonyl (C=O) groups excluding carboxylic acids is 2. The lowest BCUT2D eigenvalue weighted by Crippen LogP contribution is -2.67. The molecule has 3 aromatic rings. The number of aryl methyl sites for hydroxylation is 1. The first kappa shape index (κ1) is 28.3. The number of hydrogen-bond donors (Lipinski definition) is 2. The van der Waals surface area contributed by atoms with E-state index in [1.165, 1.54) is 0 Å². The van der Waals surface area contributed by atoms with Gasteiger partial charge in [0.05, 0.1) is 29.7 Å². The predicted molar refractivity (Wildman–Crippen MR) is 159 cm³/mol. The van der Waals surface area contributed by atoms with Gasteiger partial charge in [-0.25, -0.2) is 4.79 Å². The summed E-state index contributed by atoms with van der Waals surface area (Å²) >= 11 is 0. The van der Waals surface area contributed by atoms with Crippen molar-refractivity contribution in [2.45, 2.75) is 65.0 Å². The summed E-state index contributed by atoms with van der Waals surface area (Å²) in [4.78, 5) is 45.3. The van der Waals surface area contributed by atoms with E-state index in [1.54, 1.807) is 11.1 Å². The van der Waals surface area contributed by atoms with E-state index in [2.05, 4.69) is 17.2 Å². The van der Waals surface area contributed by atoms with Crippen molar-refractivity contribution in [3.05, 3.63) is 51.9 Å². The minimum absolute atomic E-state index is 0.0327. The number of fused-ring (bicyclic) bond motifs is 1. The van der Waals surface area contributed by atoms with Crippen molar-refractivity contribution >= 4 is 34.4 Å². The summed E-state index contributed by atoms with van der Waals surface area (Å²) in [6.07, 6.45) is 3.50. The third kappa shape index (κ3) is 4.93. The molecular weight excluding hydrogens is 536 g/mol. The van der Waals surface area contributed by atoms with Crippen molar-refractivity contribution in [1.82, 2.24) is 24.6 Å². The highest BCUT2D eigenvalue weighted by atomic mass is 16.6. The number of H-pyrrole nitrogens is 1. The molecule has 1 spiro atoms. The Labute approximate surface area is 245 Å². The third-order valence-corrected chi connectivity index (χ3v) is 8.93. The zero-order chi connectivity index (χ0) is 29.9. The average molecular weight is 577 g/mol. The van der Waals surface area contributed by atoms with Crippen LogP contribution in [0.15, 0.2) is 35.3 Å². The maximum atomic E-state index is 13.1. The first-order valence-electron chi connectivity index (χ1n) is 14.8. The van der Waals surface area contributed by atoms with Crippen LogP contribution in [0.2, 0.25) is 0 Å². The molecule has 0 radical (unpaired) electrons. The number of hydrogen-bond acceptors (Lipinski definition) is 7. The number of ether oxygens (including phenoxy) is 2. The second-order valence-corrected chi connectivity index (χ2v) is 13.2. The van der Waals surface area contributed by atoms with Gasteiger partial charge in [0.15, 0.2) is 5.82 Å². The van der Waals surface area contributed by atoms with E-state index in [0.29, 0.717) is 42.7 Å². The number of piperidine rings is 1. The Morgan fingerprint density at radius 2 is 1.83 bits per heavy atom. The average Bonchev–Trinajstić information content (AvgIpc) is 3.26. The lowest BCUT2D eigenvalue weighted by atomic mass is 9.77. The Morgan fingerprint density at radius 3 is 2.43 bits per heavy atom.